The van der Waals surface area contributed by atoms with E-state index in [4.69, 9.17) is 5.14 Å². The Morgan fingerprint density at radius 2 is 1.45 bits per heavy atom. The van der Waals surface area contributed by atoms with Gasteiger partial charge in [-0.25, -0.2) is 18.5 Å². The highest BCUT2D eigenvalue weighted by Gasteiger charge is 2.30. The summed E-state index contributed by atoms with van der Waals surface area (Å²) < 4.78 is 65.0. The molecule has 0 saturated heterocycles. The zero-order valence-corrected chi connectivity index (χ0v) is 22.7. The Hall–Kier alpha value is -3.99. The largest absolute Gasteiger partial charge is 0.416 e. The van der Waals surface area contributed by atoms with Crippen LogP contribution in [0.2, 0.25) is 0 Å². The smallest absolute Gasteiger partial charge is 0.316 e. The lowest BCUT2D eigenvalue weighted by Gasteiger charge is -2.11. The van der Waals surface area contributed by atoms with Crippen LogP contribution in [-0.2, 0) is 29.2 Å². The molecule has 5 rings (SSSR count). The number of aryl methyl sites for hydroxylation is 1. The van der Waals surface area contributed by atoms with Gasteiger partial charge in [0.1, 0.15) is 0 Å². The number of rotatable bonds is 7. The van der Waals surface area contributed by atoms with E-state index >= 15 is 0 Å². The highest BCUT2D eigenvalue weighted by molar-refractivity contribution is 7.89. The third kappa shape index (κ3) is 6.41. The lowest BCUT2D eigenvalue weighted by molar-refractivity contribution is -0.137. The summed E-state index contributed by atoms with van der Waals surface area (Å²) in [6.45, 7) is 0.464. The van der Waals surface area contributed by atoms with Crippen LogP contribution in [0.4, 0.5) is 18.9 Å². The second-order valence-electron chi connectivity index (χ2n) is 9.10. The Labute approximate surface area is 233 Å². The van der Waals surface area contributed by atoms with Crippen LogP contribution in [0.25, 0.3) is 22.4 Å². The maximum Gasteiger partial charge on any atom is 0.416 e. The molecule has 5 aromatic rings. The van der Waals surface area contributed by atoms with Gasteiger partial charge in [-0.15, -0.1) is 11.3 Å². The summed E-state index contributed by atoms with van der Waals surface area (Å²) in [6.07, 6.45) is -3.93. The van der Waals surface area contributed by atoms with Crippen molar-refractivity contribution in [2.24, 2.45) is 10.1 Å². The first-order valence-electron chi connectivity index (χ1n) is 12.3. The van der Waals surface area contributed by atoms with Crippen LogP contribution < -0.4 is 9.94 Å². The number of primary sulfonamides is 1. The number of sulfonamides is 1. The van der Waals surface area contributed by atoms with Crippen LogP contribution in [0.1, 0.15) is 11.1 Å². The van der Waals surface area contributed by atoms with Gasteiger partial charge in [-0.3, -0.25) is 0 Å². The Morgan fingerprint density at radius 1 is 0.800 bits per heavy atom. The molecule has 0 aliphatic heterocycles. The molecule has 0 spiro atoms. The normalized spacial score (nSPS) is 12.6. The zero-order valence-electron chi connectivity index (χ0n) is 21.0. The monoisotopic (exact) mass is 579 g/mol. The van der Waals surface area contributed by atoms with E-state index in [0.717, 1.165) is 40.1 Å². The molecule has 0 bridgehead atoms. The van der Waals surface area contributed by atoms with Crippen molar-refractivity contribution in [2.75, 3.05) is 0 Å². The fourth-order valence-corrected chi connectivity index (χ4v) is 5.75. The minimum atomic E-state index is -4.47. The topological polar surface area (TPSA) is 77.5 Å². The van der Waals surface area contributed by atoms with Crippen molar-refractivity contribution >= 4 is 27.0 Å². The SMILES string of the molecule is NS(=O)(=O)c1ccc(CCn2c(-c3ccc(-c4ccccc4)cc3)csc2=Nc2cccc(C(F)(F)F)c2)cc1. The lowest BCUT2D eigenvalue weighted by Crippen LogP contribution is -2.17. The molecule has 5 nitrogen and oxygen atoms in total. The molecule has 2 N–H and O–H groups in total. The number of hydrogen-bond donors (Lipinski definition) is 1. The summed E-state index contributed by atoms with van der Waals surface area (Å²) in [5.74, 6) is 0. The number of thiazole rings is 1. The van der Waals surface area contributed by atoms with Crippen molar-refractivity contribution in [1.29, 1.82) is 0 Å². The summed E-state index contributed by atoms with van der Waals surface area (Å²) in [6, 6.07) is 29.3. The first kappa shape index (κ1) is 27.6. The molecule has 0 unspecified atom stereocenters. The Bertz CT molecular complexity index is 1790. The van der Waals surface area contributed by atoms with Gasteiger partial charge < -0.3 is 4.57 Å². The van der Waals surface area contributed by atoms with Crippen LogP contribution >= 0.6 is 11.3 Å². The maximum absolute atomic E-state index is 13.3. The van der Waals surface area contributed by atoms with Gasteiger partial charge in [-0.05, 0) is 59.0 Å². The van der Waals surface area contributed by atoms with Crippen molar-refractivity contribution in [1.82, 2.24) is 4.57 Å². The van der Waals surface area contributed by atoms with Crippen LogP contribution in [0, 0.1) is 0 Å². The minimum Gasteiger partial charge on any atom is -0.316 e. The third-order valence-electron chi connectivity index (χ3n) is 6.36. The van der Waals surface area contributed by atoms with E-state index in [1.165, 1.54) is 29.5 Å². The molecular formula is C30H24F3N3O2S2. The van der Waals surface area contributed by atoms with Gasteiger partial charge in [-0.2, -0.15) is 13.2 Å². The van der Waals surface area contributed by atoms with Gasteiger partial charge in [0.15, 0.2) is 4.80 Å². The number of halogens is 3. The number of nitrogens with two attached hydrogens (primary N) is 1. The molecule has 1 aromatic heterocycles. The molecule has 0 atom stereocenters. The van der Waals surface area contributed by atoms with Gasteiger partial charge in [0.25, 0.3) is 0 Å². The van der Waals surface area contributed by atoms with Gasteiger partial charge in [0.2, 0.25) is 10.0 Å². The highest BCUT2D eigenvalue weighted by Crippen LogP contribution is 2.31. The second kappa shape index (κ2) is 11.2. The second-order valence-corrected chi connectivity index (χ2v) is 11.5. The first-order valence-corrected chi connectivity index (χ1v) is 14.7. The van der Waals surface area contributed by atoms with Gasteiger partial charge in [0.05, 0.1) is 21.8 Å². The molecule has 0 fully saturated rings. The van der Waals surface area contributed by atoms with Crippen molar-refractivity contribution in [3.05, 3.63) is 124 Å². The summed E-state index contributed by atoms with van der Waals surface area (Å²) in [4.78, 5) is 5.14. The number of hydrogen-bond acceptors (Lipinski definition) is 4. The molecule has 204 valence electrons. The van der Waals surface area contributed by atoms with Crippen molar-refractivity contribution in [3.63, 3.8) is 0 Å². The zero-order chi connectivity index (χ0) is 28.3. The van der Waals surface area contributed by atoms with Crippen LogP contribution in [0.5, 0.6) is 0 Å². The van der Waals surface area contributed by atoms with Gasteiger partial charge in [0, 0.05) is 11.9 Å². The quantitative estimate of drug-likeness (QED) is 0.225. The van der Waals surface area contributed by atoms with Gasteiger partial charge >= 0.3 is 6.18 Å². The average Bonchev–Trinajstić information content (AvgIpc) is 3.34. The van der Waals surface area contributed by atoms with E-state index in [1.54, 1.807) is 18.2 Å². The fourth-order valence-electron chi connectivity index (χ4n) is 4.28. The number of aromatic nitrogens is 1. The summed E-state index contributed by atoms with van der Waals surface area (Å²) in [5, 5.41) is 7.15. The minimum absolute atomic E-state index is 0.0267. The van der Waals surface area contributed by atoms with E-state index in [0.29, 0.717) is 17.8 Å². The molecule has 0 aliphatic rings. The average molecular weight is 580 g/mol. The van der Waals surface area contributed by atoms with E-state index < -0.39 is 21.8 Å². The van der Waals surface area contributed by atoms with E-state index in [2.05, 4.69) is 4.99 Å². The lowest BCUT2D eigenvalue weighted by atomic mass is 10.0. The van der Waals surface area contributed by atoms with Gasteiger partial charge in [-0.1, -0.05) is 72.8 Å². The Morgan fingerprint density at radius 3 is 2.10 bits per heavy atom. The standard InChI is InChI=1S/C30H24F3N3O2S2/c31-30(32,33)25-7-4-8-26(19-25)35-29-36(18-17-21-9-15-27(16-10-21)40(34,37)38)28(20-39-29)24-13-11-23(12-14-24)22-5-2-1-3-6-22/h1-16,19-20H,17-18H2,(H2,34,37,38). The molecule has 10 heteroatoms. The summed E-state index contributed by atoms with van der Waals surface area (Å²) in [7, 11) is -3.80. The number of nitrogens with zero attached hydrogens (tertiary/aromatic N) is 2. The van der Waals surface area contributed by atoms with E-state index in [9.17, 15) is 21.6 Å². The number of alkyl halides is 3. The molecular weight excluding hydrogens is 555 g/mol. The predicted octanol–water partition coefficient (Wildman–Crippen LogP) is 7.02. The van der Waals surface area contributed by atoms with Crippen LogP contribution in [0.3, 0.4) is 0 Å². The molecule has 0 amide bonds. The van der Waals surface area contributed by atoms with E-state index in [1.807, 2.05) is 64.5 Å². The predicted molar refractivity (Wildman–Crippen MR) is 151 cm³/mol. The molecule has 0 saturated carbocycles. The maximum atomic E-state index is 13.3. The molecule has 4 aromatic carbocycles. The highest BCUT2D eigenvalue weighted by atomic mass is 32.2. The van der Waals surface area contributed by atoms with Crippen LogP contribution in [0.15, 0.2) is 118 Å². The third-order valence-corrected chi connectivity index (χ3v) is 8.15. The van der Waals surface area contributed by atoms with Crippen molar-refractivity contribution in [2.45, 2.75) is 24.0 Å². The molecule has 40 heavy (non-hydrogen) atoms. The van der Waals surface area contributed by atoms with Crippen molar-refractivity contribution < 1.29 is 21.6 Å². The van der Waals surface area contributed by atoms with E-state index in [-0.39, 0.29) is 10.6 Å². The molecule has 1 heterocycles. The Balaban J connectivity index is 1.52. The summed E-state index contributed by atoms with van der Waals surface area (Å²) in [5.41, 5.74) is 4.28. The number of benzene rings is 4. The van der Waals surface area contributed by atoms with Crippen LogP contribution in [-0.4, -0.2) is 13.0 Å². The fraction of sp³-hybridized carbons (Fsp3) is 0.100. The molecule has 0 radical (unpaired) electrons. The Kier molecular flexibility index (Phi) is 7.75. The molecule has 0 aliphatic carbocycles. The summed E-state index contributed by atoms with van der Waals surface area (Å²) >= 11 is 1.34. The first-order chi connectivity index (χ1) is 19.1. The van der Waals surface area contributed by atoms with Crippen molar-refractivity contribution in [3.8, 4) is 22.4 Å².